The van der Waals surface area contributed by atoms with E-state index in [1.807, 2.05) is 13.8 Å². The molecule has 0 radical (unpaired) electrons. The molecule has 0 aliphatic carbocycles. The predicted molar refractivity (Wildman–Crippen MR) is 128 cm³/mol. The van der Waals surface area contributed by atoms with E-state index < -0.39 is 0 Å². The number of methoxy groups -OCH3 is 2. The average molecular weight is 479 g/mol. The molecule has 0 unspecified atom stereocenters. The van der Waals surface area contributed by atoms with Crippen LogP contribution >= 0.6 is 0 Å². The van der Waals surface area contributed by atoms with Gasteiger partial charge in [-0.25, -0.2) is 9.97 Å². The number of benzene rings is 1. The molecule has 1 amide bonds. The molecule has 4 aromatic rings. The molecule has 3 heterocycles. The van der Waals surface area contributed by atoms with E-state index in [9.17, 15) is 4.79 Å². The molecule has 4 rings (SSSR count). The van der Waals surface area contributed by atoms with Crippen LogP contribution in [-0.4, -0.2) is 51.5 Å². The number of ether oxygens (including phenoxy) is 4. The molecule has 0 atom stereocenters. The van der Waals surface area contributed by atoms with Crippen LogP contribution in [0.5, 0.6) is 28.9 Å². The lowest BCUT2D eigenvalue weighted by Gasteiger charge is -2.13. The van der Waals surface area contributed by atoms with Gasteiger partial charge in [0.1, 0.15) is 12.1 Å². The minimum absolute atomic E-state index is 0.0195. The maximum atomic E-state index is 12.6. The summed E-state index contributed by atoms with van der Waals surface area (Å²) in [4.78, 5) is 25.5. The first-order valence-electron chi connectivity index (χ1n) is 10.9. The molecule has 0 fully saturated rings. The zero-order chi connectivity index (χ0) is 24.9. The molecule has 0 saturated carbocycles. The van der Waals surface area contributed by atoms with Crippen molar-refractivity contribution in [2.45, 2.75) is 20.3 Å². The molecule has 3 aromatic heterocycles. The molecular weight excluding hydrogens is 452 g/mol. The third-order valence-electron chi connectivity index (χ3n) is 5.14. The number of aromatic nitrogens is 5. The highest BCUT2D eigenvalue weighted by Crippen LogP contribution is 2.36. The van der Waals surface area contributed by atoms with Gasteiger partial charge in [-0.05, 0) is 19.9 Å². The lowest BCUT2D eigenvalue weighted by molar-refractivity contribution is -0.115. The number of carbonyl (C=O) groups excluding carboxylic acids is 1. The first kappa shape index (κ1) is 23.7. The van der Waals surface area contributed by atoms with E-state index in [0.29, 0.717) is 57.8 Å². The van der Waals surface area contributed by atoms with Gasteiger partial charge in [-0.15, -0.1) is 0 Å². The summed E-state index contributed by atoms with van der Waals surface area (Å²) in [6.45, 7) is 4.21. The summed E-state index contributed by atoms with van der Waals surface area (Å²) in [7, 11) is 4.86. The summed E-state index contributed by atoms with van der Waals surface area (Å²) in [5, 5.41) is 7.71. The Balaban J connectivity index is 1.56. The molecule has 11 nitrogen and oxygen atoms in total. The van der Waals surface area contributed by atoms with E-state index >= 15 is 0 Å². The van der Waals surface area contributed by atoms with Crippen molar-refractivity contribution < 1.29 is 23.7 Å². The fraction of sp³-hybridized carbons (Fsp3) is 0.292. The van der Waals surface area contributed by atoms with Crippen LogP contribution in [0, 0.1) is 6.92 Å². The topological polar surface area (TPSA) is 123 Å². The van der Waals surface area contributed by atoms with Crippen LogP contribution in [0.2, 0.25) is 0 Å². The molecule has 0 aliphatic rings. The highest BCUT2D eigenvalue weighted by molar-refractivity contribution is 5.92. The summed E-state index contributed by atoms with van der Waals surface area (Å²) >= 11 is 0. The molecule has 182 valence electrons. The predicted octanol–water partition coefficient (Wildman–Crippen LogP) is 3.46. The van der Waals surface area contributed by atoms with Gasteiger partial charge in [-0.1, -0.05) is 0 Å². The van der Waals surface area contributed by atoms with Crippen molar-refractivity contribution in [3.05, 3.63) is 48.3 Å². The van der Waals surface area contributed by atoms with Crippen LogP contribution in [0.3, 0.4) is 0 Å². The van der Waals surface area contributed by atoms with Crippen molar-refractivity contribution in [2.75, 3.05) is 26.1 Å². The number of anilines is 1. The summed E-state index contributed by atoms with van der Waals surface area (Å²) < 4.78 is 24.2. The summed E-state index contributed by atoms with van der Waals surface area (Å²) in [5.74, 6) is 2.01. The molecule has 0 spiro atoms. The Morgan fingerprint density at radius 1 is 1.06 bits per heavy atom. The monoisotopic (exact) mass is 478 g/mol. The Labute approximate surface area is 202 Å². The minimum atomic E-state index is -0.237. The molecule has 35 heavy (non-hydrogen) atoms. The van der Waals surface area contributed by atoms with Gasteiger partial charge in [-0.3, -0.25) is 14.5 Å². The third kappa shape index (κ3) is 5.24. The number of pyridine rings is 1. The van der Waals surface area contributed by atoms with E-state index in [1.165, 1.54) is 19.6 Å². The Bertz CT molecular complexity index is 1370. The standard InChI is InChI=1S/C24H26N6O5/c1-6-34-22-9-17-16(8-21(22)33-5)24(27-13-26-17)35-15-7-20(32-4)18(25-11-15)10-23(31)28-19-12-30(3)29-14(19)2/h7-9,11-13H,6,10H2,1-5H3,(H,28,31). The van der Waals surface area contributed by atoms with Crippen LogP contribution in [0.1, 0.15) is 18.3 Å². The first-order chi connectivity index (χ1) is 16.9. The van der Waals surface area contributed by atoms with Gasteiger partial charge in [0.2, 0.25) is 11.8 Å². The number of aryl methyl sites for hydroxylation is 2. The lowest BCUT2D eigenvalue weighted by Crippen LogP contribution is -2.16. The van der Waals surface area contributed by atoms with E-state index in [0.717, 1.165) is 5.69 Å². The molecule has 0 aliphatic heterocycles. The fourth-order valence-electron chi connectivity index (χ4n) is 3.55. The smallest absolute Gasteiger partial charge is 0.230 e. The van der Waals surface area contributed by atoms with Crippen LogP contribution in [0.4, 0.5) is 5.69 Å². The van der Waals surface area contributed by atoms with Gasteiger partial charge in [0.25, 0.3) is 0 Å². The van der Waals surface area contributed by atoms with E-state index in [-0.39, 0.29) is 12.3 Å². The molecule has 1 aromatic carbocycles. The van der Waals surface area contributed by atoms with Gasteiger partial charge in [0, 0.05) is 25.4 Å². The number of rotatable bonds is 9. The molecule has 0 saturated heterocycles. The SMILES string of the molecule is CCOc1cc2ncnc(Oc3cnc(CC(=O)Nc4cn(C)nc4C)c(OC)c3)c2cc1OC. The number of carbonyl (C=O) groups is 1. The summed E-state index contributed by atoms with van der Waals surface area (Å²) in [6, 6.07) is 5.20. The Kier molecular flexibility index (Phi) is 6.95. The average Bonchev–Trinajstić information content (AvgIpc) is 3.16. The Morgan fingerprint density at radius 3 is 2.54 bits per heavy atom. The second-order valence-electron chi connectivity index (χ2n) is 7.58. The molecule has 1 N–H and O–H groups in total. The number of hydrogen-bond acceptors (Lipinski definition) is 9. The van der Waals surface area contributed by atoms with Crippen LogP contribution in [0.25, 0.3) is 10.9 Å². The molecular formula is C24H26N6O5. The lowest BCUT2D eigenvalue weighted by atomic mass is 10.2. The van der Waals surface area contributed by atoms with Crippen LogP contribution < -0.4 is 24.3 Å². The Hall–Kier alpha value is -4.41. The van der Waals surface area contributed by atoms with Gasteiger partial charge in [0.15, 0.2) is 17.2 Å². The van der Waals surface area contributed by atoms with Gasteiger partial charge < -0.3 is 24.3 Å². The number of fused-ring (bicyclic) bond motifs is 1. The molecule has 0 bridgehead atoms. The zero-order valence-corrected chi connectivity index (χ0v) is 20.2. The van der Waals surface area contributed by atoms with Crippen LogP contribution in [0.15, 0.2) is 36.9 Å². The summed E-state index contributed by atoms with van der Waals surface area (Å²) in [5.41, 5.74) is 2.48. The second-order valence-corrected chi connectivity index (χ2v) is 7.58. The van der Waals surface area contributed by atoms with E-state index in [2.05, 4.69) is 25.4 Å². The highest BCUT2D eigenvalue weighted by atomic mass is 16.5. The van der Waals surface area contributed by atoms with E-state index in [4.69, 9.17) is 18.9 Å². The van der Waals surface area contributed by atoms with Crippen molar-refractivity contribution in [3.63, 3.8) is 0 Å². The van der Waals surface area contributed by atoms with Crippen LogP contribution in [-0.2, 0) is 18.3 Å². The minimum Gasteiger partial charge on any atom is -0.495 e. The van der Waals surface area contributed by atoms with Gasteiger partial charge in [0.05, 0.1) is 61.4 Å². The van der Waals surface area contributed by atoms with Crippen molar-refractivity contribution in [1.82, 2.24) is 24.7 Å². The van der Waals surface area contributed by atoms with E-state index in [1.54, 1.807) is 43.2 Å². The second kappa shape index (κ2) is 10.2. The molecule has 11 heteroatoms. The number of nitrogens with zero attached hydrogens (tertiary/aromatic N) is 5. The third-order valence-corrected chi connectivity index (χ3v) is 5.14. The van der Waals surface area contributed by atoms with Gasteiger partial charge >= 0.3 is 0 Å². The summed E-state index contributed by atoms with van der Waals surface area (Å²) in [6.07, 6.45) is 4.68. The van der Waals surface area contributed by atoms with Crippen molar-refractivity contribution in [2.24, 2.45) is 7.05 Å². The largest absolute Gasteiger partial charge is 0.495 e. The first-order valence-corrected chi connectivity index (χ1v) is 10.9. The van der Waals surface area contributed by atoms with Gasteiger partial charge in [-0.2, -0.15) is 5.10 Å². The number of hydrogen-bond donors (Lipinski definition) is 1. The Morgan fingerprint density at radius 2 is 1.86 bits per heavy atom. The maximum Gasteiger partial charge on any atom is 0.230 e. The normalized spacial score (nSPS) is 10.8. The van der Waals surface area contributed by atoms with Crippen molar-refractivity contribution in [3.8, 4) is 28.9 Å². The van der Waals surface area contributed by atoms with Crippen molar-refractivity contribution >= 4 is 22.5 Å². The maximum absolute atomic E-state index is 12.6. The fourth-order valence-corrected chi connectivity index (χ4v) is 3.55. The highest BCUT2D eigenvalue weighted by Gasteiger charge is 2.16. The van der Waals surface area contributed by atoms with Crippen molar-refractivity contribution in [1.29, 1.82) is 0 Å². The zero-order valence-electron chi connectivity index (χ0n) is 20.2. The number of nitrogens with one attached hydrogen (secondary N) is 1. The quantitative estimate of drug-likeness (QED) is 0.385. The number of amides is 1.